The van der Waals surface area contributed by atoms with E-state index < -0.39 is 12.1 Å². The smallest absolute Gasteiger partial charge is 0.255 e. The van der Waals surface area contributed by atoms with Crippen LogP contribution in [0.1, 0.15) is 49.9 Å². The maximum Gasteiger partial charge on any atom is 0.255 e. The number of rotatable bonds is 9. The molecule has 1 aromatic carbocycles. The molecule has 5 N–H and O–H groups in total. The summed E-state index contributed by atoms with van der Waals surface area (Å²) in [7, 11) is 0. The van der Waals surface area contributed by atoms with Crippen LogP contribution in [0.3, 0.4) is 0 Å². The van der Waals surface area contributed by atoms with Gasteiger partial charge in [0, 0.05) is 19.4 Å². The molecule has 156 valence electrons. The van der Waals surface area contributed by atoms with Gasteiger partial charge in [0.25, 0.3) is 5.91 Å². The zero-order chi connectivity index (χ0) is 21.4. The largest absolute Gasteiger partial charge is 0.396 e. The zero-order valence-electron chi connectivity index (χ0n) is 15.4. The summed E-state index contributed by atoms with van der Waals surface area (Å²) in [5.74, 6) is -1.04. The van der Waals surface area contributed by atoms with Crippen molar-refractivity contribution in [1.29, 1.82) is 0 Å². The summed E-state index contributed by atoms with van der Waals surface area (Å²) in [4.78, 5) is 36.9. The van der Waals surface area contributed by atoms with Crippen LogP contribution in [0.2, 0.25) is 0 Å². The van der Waals surface area contributed by atoms with Crippen LogP contribution in [-0.4, -0.2) is 40.8 Å². The van der Waals surface area contributed by atoms with Crippen LogP contribution in [0, 0.1) is 10.7 Å². The summed E-state index contributed by atoms with van der Waals surface area (Å²) in [6.07, 6.45) is 0.0368. The maximum atomic E-state index is 12.7. The second kappa shape index (κ2) is 12.4. The van der Waals surface area contributed by atoms with Crippen LogP contribution in [0.15, 0.2) is 0 Å². The van der Waals surface area contributed by atoms with Gasteiger partial charge in [0.2, 0.25) is 11.8 Å². The standard InChI is InChI=1S/C17H22I3N3O5/c1-3-8(25)21-15-12(18)11(17(28)23-9(26)4-2)13(19)16(14(15)20)22-10(27)6-5-7-24/h9,24,26H,3-7H2,1-2H3,(H,21,25)(H,22,27)(H,23,28). The lowest BCUT2D eigenvalue weighted by Gasteiger charge is -2.21. The van der Waals surface area contributed by atoms with Gasteiger partial charge in [-0.15, -0.1) is 0 Å². The molecule has 1 atom stereocenters. The molecule has 8 nitrogen and oxygen atoms in total. The average Bonchev–Trinajstić information content (AvgIpc) is 2.66. The number of aliphatic hydroxyl groups excluding tert-OH is 2. The highest BCUT2D eigenvalue weighted by molar-refractivity contribution is 14.1. The highest BCUT2D eigenvalue weighted by Crippen LogP contribution is 2.39. The van der Waals surface area contributed by atoms with Crippen LogP contribution in [0.4, 0.5) is 11.4 Å². The van der Waals surface area contributed by atoms with Gasteiger partial charge in [-0.25, -0.2) is 0 Å². The van der Waals surface area contributed by atoms with Crippen molar-refractivity contribution in [2.24, 2.45) is 0 Å². The van der Waals surface area contributed by atoms with Crippen molar-refractivity contribution < 1.29 is 24.6 Å². The van der Waals surface area contributed by atoms with Crippen molar-refractivity contribution in [3.63, 3.8) is 0 Å². The van der Waals surface area contributed by atoms with E-state index >= 15 is 0 Å². The molecule has 0 aromatic heterocycles. The normalized spacial score (nSPS) is 11.7. The molecule has 0 heterocycles. The lowest BCUT2D eigenvalue weighted by atomic mass is 10.1. The molecule has 0 saturated carbocycles. The number of hydrogen-bond acceptors (Lipinski definition) is 5. The van der Waals surface area contributed by atoms with E-state index in [1.165, 1.54) is 0 Å². The van der Waals surface area contributed by atoms with Gasteiger partial charge in [-0.3, -0.25) is 14.4 Å². The predicted octanol–water partition coefficient (Wildman–Crippen LogP) is 3.02. The Morgan fingerprint density at radius 2 is 1.50 bits per heavy atom. The molecule has 0 spiro atoms. The second-order valence-electron chi connectivity index (χ2n) is 5.74. The Morgan fingerprint density at radius 3 is 1.96 bits per heavy atom. The quantitative estimate of drug-likeness (QED) is 0.198. The SMILES string of the molecule is CCC(=O)Nc1c(I)c(NC(=O)CCCO)c(I)c(C(=O)NC(O)CC)c1I. The summed E-state index contributed by atoms with van der Waals surface area (Å²) in [5, 5.41) is 26.8. The molecule has 0 saturated heterocycles. The molecule has 0 radical (unpaired) electrons. The van der Waals surface area contributed by atoms with E-state index in [2.05, 4.69) is 16.0 Å². The fraction of sp³-hybridized carbons (Fsp3) is 0.471. The van der Waals surface area contributed by atoms with Crippen molar-refractivity contribution in [3.05, 3.63) is 16.3 Å². The third kappa shape index (κ3) is 6.91. The summed E-state index contributed by atoms with van der Waals surface area (Å²) in [5.41, 5.74) is 1.10. The zero-order valence-corrected chi connectivity index (χ0v) is 21.8. The first-order valence-corrected chi connectivity index (χ1v) is 11.8. The molecule has 3 amide bonds. The van der Waals surface area contributed by atoms with E-state index in [1.807, 2.05) is 67.8 Å². The summed E-state index contributed by atoms with van der Waals surface area (Å²) < 4.78 is 1.61. The Morgan fingerprint density at radius 1 is 0.964 bits per heavy atom. The molecular weight excluding hydrogens is 707 g/mol. The lowest BCUT2D eigenvalue weighted by Crippen LogP contribution is -2.35. The van der Waals surface area contributed by atoms with Crippen LogP contribution >= 0.6 is 67.8 Å². The molecule has 0 fully saturated rings. The number of amides is 3. The van der Waals surface area contributed by atoms with Crippen LogP contribution in [-0.2, 0) is 9.59 Å². The molecule has 0 aliphatic heterocycles. The topological polar surface area (TPSA) is 128 Å². The fourth-order valence-corrected chi connectivity index (χ4v) is 6.27. The fourth-order valence-electron chi connectivity index (χ4n) is 2.08. The minimum absolute atomic E-state index is 0.103. The highest BCUT2D eigenvalue weighted by Gasteiger charge is 2.27. The average molecular weight is 729 g/mol. The molecule has 0 aliphatic carbocycles. The van der Waals surface area contributed by atoms with Crippen LogP contribution < -0.4 is 16.0 Å². The number of carbonyl (C=O) groups excluding carboxylic acids is 3. The van der Waals surface area contributed by atoms with Gasteiger partial charge in [0.05, 0.1) is 27.6 Å². The number of hydrogen-bond donors (Lipinski definition) is 5. The van der Waals surface area contributed by atoms with Crippen LogP contribution in [0.5, 0.6) is 0 Å². The second-order valence-corrected chi connectivity index (χ2v) is 8.98. The Hall–Kier alpha value is -0.260. The Kier molecular flexibility index (Phi) is 11.5. The maximum absolute atomic E-state index is 12.7. The summed E-state index contributed by atoms with van der Waals surface area (Å²) in [6.45, 7) is 3.34. The van der Waals surface area contributed by atoms with Gasteiger partial charge >= 0.3 is 0 Å². The molecular formula is C17H22I3N3O5. The first kappa shape index (κ1) is 25.8. The van der Waals surface area contributed by atoms with E-state index in [0.717, 1.165) is 0 Å². The number of nitrogens with one attached hydrogen (secondary N) is 3. The number of halogens is 3. The minimum Gasteiger partial charge on any atom is -0.396 e. The summed E-state index contributed by atoms with van der Waals surface area (Å²) in [6, 6.07) is 0. The molecule has 1 unspecified atom stereocenters. The van der Waals surface area contributed by atoms with E-state index in [0.29, 0.717) is 34.9 Å². The van der Waals surface area contributed by atoms with Gasteiger partial charge in [-0.05, 0) is 80.6 Å². The van der Waals surface area contributed by atoms with E-state index in [4.69, 9.17) is 5.11 Å². The van der Waals surface area contributed by atoms with Crippen molar-refractivity contribution >= 4 is 96.9 Å². The van der Waals surface area contributed by atoms with Gasteiger partial charge in [0.15, 0.2) is 0 Å². The Balaban J connectivity index is 3.50. The van der Waals surface area contributed by atoms with E-state index in [-0.39, 0.29) is 36.8 Å². The predicted molar refractivity (Wildman–Crippen MR) is 132 cm³/mol. The number of benzene rings is 1. The molecule has 1 rings (SSSR count). The van der Waals surface area contributed by atoms with Gasteiger partial charge in [-0.1, -0.05) is 13.8 Å². The lowest BCUT2D eigenvalue weighted by molar-refractivity contribution is -0.117. The third-order valence-electron chi connectivity index (χ3n) is 3.64. The van der Waals surface area contributed by atoms with Gasteiger partial charge in [-0.2, -0.15) is 0 Å². The monoisotopic (exact) mass is 729 g/mol. The molecule has 0 aliphatic rings. The van der Waals surface area contributed by atoms with Gasteiger partial charge in [0.1, 0.15) is 6.23 Å². The van der Waals surface area contributed by atoms with Crippen LogP contribution in [0.25, 0.3) is 0 Å². The molecule has 28 heavy (non-hydrogen) atoms. The van der Waals surface area contributed by atoms with Crippen molar-refractivity contribution in [3.8, 4) is 0 Å². The summed E-state index contributed by atoms with van der Waals surface area (Å²) >= 11 is 5.96. The Bertz CT molecular complexity index is 758. The number of carbonyl (C=O) groups is 3. The van der Waals surface area contributed by atoms with Crippen molar-refractivity contribution in [2.45, 2.75) is 45.8 Å². The minimum atomic E-state index is -1.00. The third-order valence-corrected chi connectivity index (χ3v) is 6.88. The van der Waals surface area contributed by atoms with E-state index in [9.17, 15) is 19.5 Å². The van der Waals surface area contributed by atoms with Gasteiger partial charge < -0.3 is 26.2 Å². The molecule has 0 bridgehead atoms. The van der Waals surface area contributed by atoms with Crippen molar-refractivity contribution in [2.75, 3.05) is 17.2 Å². The first-order valence-electron chi connectivity index (χ1n) is 8.57. The molecule has 11 heteroatoms. The number of anilines is 2. The molecule has 1 aromatic rings. The first-order chi connectivity index (χ1) is 13.2. The Labute approximate surface area is 204 Å². The highest BCUT2D eigenvalue weighted by atomic mass is 127. The number of aliphatic hydroxyl groups is 2. The van der Waals surface area contributed by atoms with Crippen molar-refractivity contribution in [1.82, 2.24) is 5.32 Å². The van der Waals surface area contributed by atoms with E-state index in [1.54, 1.807) is 13.8 Å².